The molecule has 1 fully saturated rings. The van der Waals surface area contributed by atoms with Crippen LogP contribution in [0.3, 0.4) is 0 Å². The predicted octanol–water partition coefficient (Wildman–Crippen LogP) is 1.16. The van der Waals surface area contributed by atoms with Crippen molar-refractivity contribution < 1.29 is 24.1 Å². The fourth-order valence-corrected chi connectivity index (χ4v) is 2.60. The normalized spacial score (nSPS) is 22.4. The Kier molecular flexibility index (Phi) is 6.30. The van der Waals surface area contributed by atoms with Gasteiger partial charge in [0.15, 0.2) is 11.5 Å². The second-order valence-electron chi connectivity index (χ2n) is 5.32. The molecule has 0 aliphatic carbocycles. The molecule has 1 saturated heterocycles. The quantitative estimate of drug-likeness (QED) is 0.815. The highest BCUT2D eigenvalue weighted by Gasteiger charge is 2.29. The highest BCUT2D eigenvalue weighted by Crippen LogP contribution is 2.32. The predicted molar refractivity (Wildman–Crippen MR) is 82.9 cm³/mol. The number of aliphatic hydroxyl groups excluding tert-OH is 1. The van der Waals surface area contributed by atoms with Gasteiger partial charge in [-0.15, -0.1) is 0 Å². The molecular formula is C16H25NO5. The maximum Gasteiger partial charge on any atom is 0.164 e. The smallest absolute Gasteiger partial charge is 0.164 e. The Labute approximate surface area is 131 Å². The molecule has 1 aromatic carbocycles. The van der Waals surface area contributed by atoms with E-state index in [2.05, 4.69) is 4.90 Å². The van der Waals surface area contributed by atoms with Crippen LogP contribution in [-0.2, 0) is 4.74 Å². The van der Waals surface area contributed by atoms with Crippen LogP contribution in [0, 0.1) is 0 Å². The van der Waals surface area contributed by atoms with Crippen molar-refractivity contribution in [2.24, 2.45) is 0 Å². The molecule has 0 aromatic heterocycles. The van der Waals surface area contributed by atoms with E-state index in [-0.39, 0.29) is 6.10 Å². The maximum absolute atomic E-state index is 10.3. The van der Waals surface area contributed by atoms with Gasteiger partial charge in [0.2, 0.25) is 0 Å². The zero-order chi connectivity index (χ0) is 15.9. The minimum Gasteiger partial charge on any atom is -0.493 e. The van der Waals surface area contributed by atoms with Crippen LogP contribution in [0.4, 0.5) is 0 Å². The summed E-state index contributed by atoms with van der Waals surface area (Å²) in [6.45, 7) is 2.99. The third-order valence-electron chi connectivity index (χ3n) is 3.86. The molecule has 0 radical (unpaired) electrons. The molecule has 2 rings (SSSR count). The molecule has 6 heteroatoms. The van der Waals surface area contributed by atoms with Crippen molar-refractivity contribution in [1.82, 2.24) is 4.90 Å². The third-order valence-corrected chi connectivity index (χ3v) is 3.86. The van der Waals surface area contributed by atoms with Gasteiger partial charge in [-0.05, 0) is 18.6 Å². The van der Waals surface area contributed by atoms with Gasteiger partial charge in [0.25, 0.3) is 0 Å². The Morgan fingerprint density at radius 2 is 1.95 bits per heavy atom. The Morgan fingerprint density at radius 3 is 2.59 bits per heavy atom. The molecule has 2 atom stereocenters. The van der Waals surface area contributed by atoms with Crippen molar-refractivity contribution in [3.63, 3.8) is 0 Å². The van der Waals surface area contributed by atoms with Crippen LogP contribution in [0.5, 0.6) is 17.2 Å². The molecule has 6 nitrogen and oxygen atoms in total. The monoisotopic (exact) mass is 311 g/mol. The van der Waals surface area contributed by atoms with Gasteiger partial charge >= 0.3 is 0 Å². The molecular weight excluding hydrogens is 286 g/mol. The minimum absolute atomic E-state index is 0.211. The lowest BCUT2D eigenvalue weighted by Gasteiger charge is -2.35. The molecule has 1 aliphatic rings. The second kappa shape index (κ2) is 8.22. The summed E-state index contributed by atoms with van der Waals surface area (Å²) in [5.74, 6) is 1.95. The topological polar surface area (TPSA) is 60.4 Å². The van der Waals surface area contributed by atoms with Crippen molar-refractivity contribution in [1.29, 1.82) is 0 Å². The van der Waals surface area contributed by atoms with E-state index >= 15 is 0 Å². The number of hydrogen-bond acceptors (Lipinski definition) is 6. The molecule has 0 unspecified atom stereocenters. The summed E-state index contributed by atoms with van der Waals surface area (Å²) in [4.78, 5) is 2.18. The Balaban J connectivity index is 1.94. The lowest BCUT2D eigenvalue weighted by atomic mass is 10.0. The molecule has 22 heavy (non-hydrogen) atoms. The zero-order valence-corrected chi connectivity index (χ0v) is 13.4. The van der Waals surface area contributed by atoms with Crippen molar-refractivity contribution in [2.45, 2.75) is 18.6 Å². The van der Waals surface area contributed by atoms with Crippen LogP contribution in [0.2, 0.25) is 0 Å². The lowest BCUT2D eigenvalue weighted by molar-refractivity contribution is -0.0298. The van der Waals surface area contributed by atoms with Gasteiger partial charge in [0, 0.05) is 32.8 Å². The number of β-amino-alcohol motifs (C(OH)–C–C–N with tert-alkyl or cyclic N) is 1. The molecule has 1 aromatic rings. The van der Waals surface area contributed by atoms with E-state index in [0.717, 1.165) is 19.5 Å². The molecule has 1 aliphatic heterocycles. The van der Waals surface area contributed by atoms with E-state index < -0.39 is 6.10 Å². The zero-order valence-electron chi connectivity index (χ0n) is 13.4. The molecule has 0 bridgehead atoms. The summed E-state index contributed by atoms with van der Waals surface area (Å²) in [6.07, 6.45) is 0.0507. The Bertz CT molecular complexity index is 468. The second-order valence-corrected chi connectivity index (χ2v) is 5.32. The largest absolute Gasteiger partial charge is 0.493 e. The first-order valence-electron chi connectivity index (χ1n) is 7.46. The van der Waals surface area contributed by atoms with Crippen LogP contribution in [0.25, 0.3) is 0 Å². The van der Waals surface area contributed by atoms with E-state index in [4.69, 9.17) is 18.9 Å². The van der Waals surface area contributed by atoms with Gasteiger partial charge in [-0.25, -0.2) is 0 Å². The van der Waals surface area contributed by atoms with Crippen molar-refractivity contribution >= 4 is 0 Å². The summed E-state index contributed by atoms with van der Waals surface area (Å²) in [5, 5.41) is 10.3. The van der Waals surface area contributed by atoms with Crippen LogP contribution in [-0.4, -0.2) is 69.8 Å². The fourth-order valence-electron chi connectivity index (χ4n) is 2.60. The van der Waals surface area contributed by atoms with Gasteiger partial charge in [-0.1, -0.05) is 0 Å². The van der Waals surface area contributed by atoms with E-state index in [0.29, 0.717) is 30.4 Å². The first-order valence-corrected chi connectivity index (χ1v) is 7.46. The van der Waals surface area contributed by atoms with Crippen LogP contribution < -0.4 is 14.2 Å². The van der Waals surface area contributed by atoms with Crippen LogP contribution >= 0.6 is 0 Å². The van der Waals surface area contributed by atoms with Gasteiger partial charge < -0.3 is 24.1 Å². The number of piperidine rings is 1. The summed E-state index contributed by atoms with van der Waals surface area (Å²) in [6, 6.07) is 5.41. The average molecular weight is 311 g/mol. The van der Waals surface area contributed by atoms with Crippen LogP contribution in [0.1, 0.15) is 6.42 Å². The fraction of sp³-hybridized carbons (Fsp3) is 0.625. The number of benzene rings is 1. The van der Waals surface area contributed by atoms with E-state index in [1.54, 1.807) is 33.5 Å². The Morgan fingerprint density at radius 1 is 1.18 bits per heavy atom. The minimum atomic E-state index is -0.515. The first-order chi connectivity index (χ1) is 10.7. The summed E-state index contributed by atoms with van der Waals surface area (Å²) in [5.41, 5.74) is 0. The molecule has 1 N–H and O–H groups in total. The van der Waals surface area contributed by atoms with Gasteiger partial charge in [0.05, 0.1) is 20.8 Å². The average Bonchev–Trinajstić information content (AvgIpc) is 2.55. The molecule has 0 amide bonds. The lowest BCUT2D eigenvalue weighted by Crippen LogP contribution is -2.49. The third kappa shape index (κ3) is 4.25. The van der Waals surface area contributed by atoms with Gasteiger partial charge in [-0.3, -0.25) is 4.90 Å². The van der Waals surface area contributed by atoms with E-state index in [9.17, 15) is 5.11 Å². The standard InChI is InChI=1S/C16H25NO5/c1-19-9-8-17-7-6-14(13(18)11-17)22-12-4-5-15(20-2)16(10-12)21-3/h4-5,10,13-14,18H,6-9,11H2,1-3H3/t13-,14-/m1/s1. The van der Waals surface area contributed by atoms with E-state index in [1.807, 2.05) is 6.07 Å². The molecule has 1 heterocycles. The summed E-state index contributed by atoms with van der Waals surface area (Å²) in [7, 11) is 4.87. The summed E-state index contributed by atoms with van der Waals surface area (Å²) >= 11 is 0. The van der Waals surface area contributed by atoms with Gasteiger partial charge in [-0.2, -0.15) is 0 Å². The highest BCUT2D eigenvalue weighted by atomic mass is 16.5. The van der Waals surface area contributed by atoms with Gasteiger partial charge in [0.1, 0.15) is 18.0 Å². The number of rotatable bonds is 7. The Hall–Kier alpha value is -1.50. The number of methoxy groups -OCH3 is 3. The molecule has 124 valence electrons. The number of ether oxygens (including phenoxy) is 4. The summed E-state index contributed by atoms with van der Waals surface area (Å²) < 4.78 is 21.5. The number of hydrogen-bond donors (Lipinski definition) is 1. The first kappa shape index (κ1) is 16.9. The van der Waals surface area contributed by atoms with Crippen molar-refractivity contribution in [2.75, 3.05) is 47.6 Å². The number of nitrogens with zero attached hydrogens (tertiary/aromatic N) is 1. The van der Waals surface area contributed by atoms with Crippen LogP contribution in [0.15, 0.2) is 18.2 Å². The van der Waals surface area contributed by atoms with Crippen molar-refractivity contribution in [3.05, 3.63) is 18.2 Å². The molecule has 0 saturated carbocycles. The highest BCUT2D eigenvalue weighted by molar-refractivity contribution is 5.45. The number of aliphatic hydroxyl groups is 1. The maximum atomic E-state index is 10.3. The molecule has 0 spiro atoms. The number of likely N-dealkylation sites (tertiary alicyclic amines) is 1. The SMILES string of the molecule is COCCN1CC[C@@H](Oc2ccc(OC)c(OC)c2)[C@H](O)C1. The van der Waals surface area contributed by atoms with Crippen molar-refractivity contribution in [3.8, 4) is 17.2 Å². The van der Waals surface area contributed by atoms with E-state index in [1.165, 1.54) is 0 Å².